The van der Waals surface area contributed by atoms with Crippen molar-refractivity contribution in [1.29, 1.82) is 0 Å². The van der Waals surface area contributed by atoms with E-state index in [-0.39, 0.29) is 0 Å². The molecule has 20 heavy (non-hydrogen) atoms. The van der Waals surface area contributed by atoms with E-state index in [1.165, 1.54) is 11.1 Å². The number of hydrogen-bond acceptors (Lipinski definition) is 1. The fraction of sp³-hybridized carbons (Fsp3) is 0.188. The molecule has 102 valence electrons. The number of fused-ring (bicyclic) bond motifs is 1. The molecule has 3 rings (SSSR count). The van der Waals surface area contributed by atoms with E-state index in [4.69, 9.17) is 11.6 Å². The molecule has 0 aliphatic rings. The SMILES string of the molecule is Cc1ccc2nc(CCl)n(-c3cc(Br)ccc3C)c2c1. The third-order valence-electron chi connectivity index (χ3n) is 3.41. The Morgan fingerprint density at radius 1 is 1.15 bits per heavy atom. The number of imidazole rings is 1. The lowest BCUT2D eigenvalue weighted by atomic mass is 10.2. The molecule has 0 aliphatic carbocycles. The van der Waals surface area contributed by atoms with Gasteiger partial charge in [0.05, 0.1) is 22.6 Å². The van der Waals surface area contributed by atoms with Crippen LogP contribution in [0.25, 0.3) is 16.7 Å². The van der Waals surface area contributed by atoms with Gasteiger partial charge in [0.15, 0.2) is 0 Å². The zero-order valence-electron chi connectivity index (χ0n) is 11.3. The van der Waals surface area contributed by atoms with Gasteiger partial charge in [0, 0.05) is 4.47 Å². The summed E-state index contributed by atoms with van der Waals surface area (Å²) in [6, 6.07) is 12.5. The largest absolute Gasteiger partial charge is 0.295 e. The van der Waals surface area contributed by atoms with Crippen LogP contribution in [0, 0.1) is 13.8 Å². The first-order valence-electron chi connectivity index (χ1n) is 6.40. The molecule has 0 unspecified atom stereocenters. The molecule has 3 aromatic rings. The van der Waals surface area contributed by atoms with Crippen LogP contribution in [0.1, 0.15) is 17.0 Å². The highest BCUT2D eigenvalue weighted by Gasteiger charge is 2.13. The fourth-order valence-corrected chi connectivity index (χ4v) is 2.95. The van der Waals surface area contributed by atoms with Gasteiger partial charge in [-0.2, -0.15) is 0 Å². The Kier molecular flexibility index (Phi) is 3.57. The zero-order chi connectivity index (χ0) is 14.3. The Bertz CT molecular complexity index is 793. The molecule has 2 nitrogen and oxygen atoms in total. The molecule has 0 saturated carbocycles. The van der Waals surface area contributed by atoms with E-state index in [2.05, 4.69) is 63.6 Å². The maximum absolute atomic E-state index is 6.09. The molecule has 0 fully saturated rings. The second-order valence-electron chi connectivity index (χ2n) is 4.92. The van der Waals surface area contributed by atoms with Crippen LogP contribution >= 0.6 is 27.5 Å². The molecular weight excluding hydrogens is 336 g/mol. The van der Waals surface area contributed by atoms with Crippen LogP contribution < -0.4 is 0 Å². The highest BCUT2D eigenvalue weighted by molar-refractivity contribution is 9.10. The van der Waals surface area contributed by atoms with Gasteiger partial charge < -0.3 is 0 Å². The smallest absolute Gasteiger partial charge is 0.129 e. The lowest BCUT2D eigenvalue weighted by Gasteiger charge is -2.12. The van der Waals surface area contributed by atoms with E-state index in [1.54, 1.807) is 0 Å². The van der Waals surface area contributed by atoms with Crippen molar-refractivity contribution in [3.63, 3.8) is 0 Å². The van der Waals surface area contributed by atoms with E-state index in [0.29, 0.717) is 5.88 Å². The van der Waals surface area contributed by atoms with Gasteiger partial charge in [-0.15, -0.1) is 11.6 Å². The van der Waals surface area contributed by atoms with Gasteiger partial charge in [-0.1, -0.05) is 28.1 Å². The van der Waals surface area contributed by atoms with Crippen LogP contribution in [0.5, 0.6) is 0 Å². The molecule has 1 heterocycles. The maximum atomic E-state index is 6.09. The van der Waals surface area contributed by atoms with Gasteiger partial charge in [0.2, 0.25) is 0 Å². The monoisotopic (exact) mass is 348 g/mol. The average molecular weight is 350 g/mol. The Labute approximate surface area is 131 Å². The lowest BCUT2D eigenvalue weighted by molar-refractivity contribution is 0.971. The van der Waals surface area contributed by atoms with Gasteiger partial charge in [-0.25, -0.2) is 4.98 Å². The minimum Gasteiger partial charge on any atom is -0.295 e. The van der Waals surface area contributed by atoms with Gasteiger partial charge in [0.1, 0.15) is 5.82 Å². The second-order valence-corrected chi connectivity index (χ2v) is 6.10. The quantitative estimate of drug-likeness (QED) is 0.585. The number of rotatable bonds is 2. The topological polar surface area (TPSA) is 17.8 Å². The Morgan fingerprint density at radius 2 is 1.95 bits per heavy atom. The summed E-state index contributed by atoms with van der Waals surface area (Å²) in [4.78, 5) is 4.64. The van der Waals surface area contributed by atoms with Crippen molar-refractivity contribution in [2.45, 2.75) is 19.7 Å². The van der Waals surface area contributed by atoms with Gasteiger partial charge in [0.25, 0.3) is 0 Å². The standard InChI is InChI=1S/C16H14BrClN2/c1-10-3-6-13-15(7-10)20(16(9-18)19-13)14-8-12(17)5-4-11(14)2/h3-8H,9H2,1-2H3. The lowest BCUT2D eigenvalue weighted by Crippen LogP contribution is -2.01. The average Bonchev–Trinajstić information content (AvgIpc) is 2.79. The summed E-state index contributed by atoms with van der Waals surface area (Å²) in [6.45, 7) is 4.19. The number of aromatic nitrogens is 2. The highest BCUT2D eigenvalue weighted by Crippen LogP contribution is 2.27. The highest BCUT2D eigenvalue weighted by atomic mass is 79.9. The van der Waals surface area contributed by atoms with E-state index in [9.17, 15) is 0 Å². The first kappa shape index (κ1) is 13.7. The van der Waals surface area contributed by atoms with Crippen molar-refractivity contribution in [2.24, 2.45) is 0 Å². The molecular formula is C16H14BrClN2. The molecule has 1 aromatic heterocycles. The zero-order valence-corrected chi connectivity index (χ0v) is 13.7. The summed E-state index contributed by atoms with van der Waals surface area (Å²) < 4.78 is 3.20. The summed E-state index contributed by atoms with van der Waals surface area (Å²) >= 11 is 9.63. The number of aryl methyl sites for hydroxylation is 2. The fourth-order valence-electron chi connectivity index (χ4n) is 2.42. The molecule has 0 saturated heterocycles. The molecule has 0 spiro atoms. The predicted octanol–water partition coefficient (Wildman–Crippen LogP) is 5.14. The summed E-state index contributed by atoms with van der Waals surface area (Å²) in [5.74, 6) is 1.26. The third kappa shape index (κ3) is 2.25. The first-order valence-corrected chi connectivity index (χ1v) is 7.73. The summed E-state index contributed by atoms with van der Waals surface area (Å²) in [5.41, 5.74) is 5.60. The van der Waals surface area contributed by atoms with Crippen molar-refractivity contribution in [1.82, 2.24) is 9.55 Å². The van der Waals surface area contributed by atoms with Crippen LogP contribution in [0.15, 0.2) is 40.9 Å². The normalized spacial score (nSPS) is 11.2. The van der Waals surface area contributed by atoms with Crippen LogP contribution in [-0.4, -0.2) is 9.55 Å². The third-order valence-corrected chi connectivity index (χ3v) is 4.14. The van der Waals surface area contributed by atoms with Crippen molar-refractivity contribution in [3.8, 4) is 5.69 Å². The maximum Gasteiger partial charge on any atom is 0.129 e. The number of alkyl halides is 1. The number of nitrogens with zero attached hydrogens (tertiary/aromatic N) is 2. The van der Waals surface area contributed by atoms with Crippen LogP contribution in [0.2, 0.25) is 0 Å². The minimum atomic E-state index is 0.389. The van der Waals surface area contributed by atoms with Crippen LogP contribution in [0.3, 0.4) is 0 Å². The van der Waals surface area contributed by atoms with Crippen molar-refractivity contribution < 1.29 is 0 Å². The van der Waals surface area contributed by atoms with Crippen molar-refractivity contribution in [2.75, 3.05) is 0 Å². The molecule has 4 heteroatoms. The van der Waals surface area contributed by atoms with E-state index < -0.39 is 0 Å². The minimum absolute atomic E-state index is 0.389. The van der Waals surface area contributed by atoms with E-state index >= 15 is 0 Å². The summed E-state index contributed by atoms with van der Waals surface area (Å²) in [6.07, 6.45) is 0. The second kappa shape index (κ2) is 5.23. The molecule has 0 aliphatic heterocycles. The van der Waals surface area contributed by atoms with E-state index in [1.807, 2.05) is 12.1 Å². The Balaban J connectivity index is 2.39. The Morgan fingerprint density at radius 3 is 2.70 bits per heavy atom. The molecule has 0 N–H and O–H groups in total. The van der Waals surface area contributed by atoms with E-state index in [0.717, 1.165) is 27.0 Å². The first-order chi connectivity index (χ1) is 9.60. The summed E-state index contributed by atoms with van der Waals surface area (Å²) in [5, 5.41) is 0. The van der Waals surface area contributed by atoms with Crippen LogP contribution in [0.4, 0.5) is 0 Å². The van der Waals surface area contributed by atoms with Crippen molar-refractivity contribution >= 4 is 38.6 Å². The predicted molar refractivity (Wildman–Crippen MR) is 87.8 cm³/mol. The summed E-state index contributed by atoms with van der Waals surface area (Å²) in [7, 11) is 0. The molecule has 0 amide bonds. The van der Waals surface area contributed by atoms with Gasteiger partial charge in [-0.3, -0.25) is 4.57 Å². The molecule has 0 bridgehead atoms. The Hall–Kier alpha value is -1.32. The van der Waals surface area contributed by atoms with Crippen LogP contribution in [-0.2, 0) is 5.88 Å². The van der Waals surface area contributed by atoms with Gasteiger partial charge in [-0.05, 0) is 49.2 Å². The number of benzene rings is 2. The molecule has 0 atom stereocenters. The van der Waals surface area contributed by atoms with Gasteiger partial charge >= 0.3 is 0 Å². The molecule has 0 radical (unpaired) electrons. The number of halogens is 2. The number of hydrogen-bond donors (Lipinski definition) is 0. The molecule has 2 aromatic carbocycles. The van der Waals surface area contributed by atoms with Crippen molar-refractivity contribution in [3.05, 3.63) is 57.8 Å².